The van der Waals surface area contributed by atoms with Crippen molar-refractivity contribution in [2.75, 3.05) is 13.2 Å². The Balaban J connectivity index is -0.000000224. The first-order valence-corrected chi connectivity index (χ1v) is 22.5. The van der Waals surface area contributed by atoms with Crippen LogP contribution < -0.4 is 69.3 Å². The van der Waals surface area contributed by atoms with Gasteiger partial charge in [0.25, 0.3) is 10.1 Å². The molecule has 0 aliphatic rings. The molecule has 0 aliphatic carbocycles. The van der Waals surface area contributed by atoms with Gasteiger partial charge in [0, 0.05) is 12.4 Å². The first-order valence-electron chi connectivity index (χ1n) is 19.7. The predicted molar refractivity (Wildman–Crippen MR) is 199 cm³/mol. The summed E-state index contributed by atoms with van der Waals surface area (Å²) in [7, 11) is -5.11. The van der Waals surface area contributed by atoms with Crippen LogP contribution in [0.5, 0.6) is 0 Å². The zero-order valence-corrected chi connectivity index (χ0v) is 42.1. The van der Waals surface area contributed by atoms with Crippen LogP contribution in [-0.2, 0) is 38.8 Å². The third-order valence-electron chi connectivity index (χ3n) is 8.35. The van der Waals surface area contributed by atoms with Gasteiger partial charge in [-0.15, -0.1) is 0 Å². The molecule has 0 aromatic heterocycles. The minimum absolute atomic E-state index is 0. The molecule has 0 rings (SSSR count). The number of carbonyl (C=O) groups is 4. The summed E-state index contributed by atoms with van der Waals surface area (Å²) in [5, 5.41) is 21.7. The molecule has 0 aromatic carbocycles. The van der Waals surface area contributed by atoms with E-state index in [2.05, 4.69) is 41.5 Å². The van der Waals surface area contributed by atoms with E-state index < -0.39 is 39.6 Å². The zero-order chi connectivity index (χ0) is 39.6. The van der Waals surface area contributed by atoms with E-state index in [-0.39, 0.29) is 90.3 Å². The van der Waals surface area contributed by atoms with E-state index in [1.54, 1.807) is 0 Å². The Bertz CT molecular complexity index is 972. The van der Waals surface area contributed by atoms with Gasteiger partial charge in [0.05, 0.1) is 32.0 Å². The fourth-order valence-corrected chi connectivity index (χ4v) is 6.49. The second-order valence-corrected chi connectivity index (χ2v) is 17.0. The molecule has 15 heteroatoms. The van der Waals surface area contributed by atoms with Gasteiger partial charge in [-0.05, 0) is 25.2 Å². The molecular formula is C38H71Na3O11S. The van der Waals surface area contributed by atoms with Crippen molar-refractivity contribution in [2.45, 2.75) is 191 Å². The van der Waals surface area contributed by atoms with Gasteiger partial charge in [0.1, 0.15) is 4.75 Å². The Labute approximate surface area is 385 Å². The average molecular weight is 805 g/mol. The minimum Gasteiger partial charge on any atom is -0.466 e. The van der Waals surface area contributed by atoms with Gasteiger partial charge in [0.2, 0.25) is 0 Å². The zero-order valence-electron chi connectivity index (χ0n) is 35.3. The molecule has 0 saturated heterocycles. The van der Waals surface area contributed by atoms with Crippen molar-refractivity contribution >= 4 is 61.9 Å². The fraction of sp³-hybridized carbons (Fsp3) is 0.895. The smallest absolute Gasteiger partial charge is 0.466 e. The van der Waals surface area contributed by atoms with Crippen LogP contribution in [0.1, 0.15) is 183 Å². The number of unbranched alkanes of at least 4 members (excludes halogenated alkanes) is 12. The Morgan fingerprint density at radius 1 is 0.642 bits per heavy atom. The molecule has 0 aliphatic heterocycles. The standard InChI is InChI=1S/C14H26O7S.C14H26O4.C10H21.3Na/c1-11(2)8-6-4-3-5-7-9-14(13(17)18,10-12(15)16)22(19,20)21;1-3-5-7-11-17-13(15)9-10-14(16)18-12-8-6-4-2;1-4-5-6-7-8-9-10(2)3;;;/h11H,3-10H2,1-2H3,(H,15,16)(H,17,18)(H,19,20,21);3-12H2,1-2H3;10H,1,4-9H2,2-3H3;;;/q;;;;2*+1/p-2. The number of hydrogen-bond acceptors (Lipinski definition) is 10. The van der Waals surface area contributed by atoms with Gasteiger partial charge in [-0.2, -0.15) is 8.42 Å². The molecule has 1 N–H and O–H groups in total. The number of carbonyl (C=O) groups excluding carboxylic acids is 4. The maximum Gasteiger partial charge on any atom is 1.00 e. The average Bonchev–Trinajstić information content (AvgIpc) is 3.04. The second-order valence-electron chi connectivity index (χ2n) is 14.3. The van der Waals surface area contributed by atoms with Gasteiger partial charge < -0.3 is 29.3 Å². The second kappa shape index (κ2) is 42.4. The Kier molecular flexibility index (Phi) is 50.4. The molecule has 11 nitrogen and oxygen atoms in total. The van der Waals surface area contributed by atoms with Crippen molar-refractivity contribution < 1.29 is 111 Å². The third-order valence-corrected chi connectivity index (χ3v) is 10.6. The third kappa shape index (κ3) is 42.2. The van der Waals surface area contributed by atoms with Gasteiger partial charge in [-0.3, -0.25) is 14.1 Å². The molecule has 53 heavy (non-hydrogen) atoms. The molecule has 298 valence electrons. The van der Waals surface area contributed by atoms with Crippen molar-refractivity contribution in [3.8, 4) is 0 Å². The van der Waals surface area contributed by atoms with E-state index in [4.69, 9.17) is 14.0 Å². The van der Waals surface area contributed by atoms with Gasteiger partial charge >= 0.3 is 161 Å². The largest absolute Gasteiger partial charge is 1.00 e. The molecule has 0 bridgehead atoms. The monoisotopic (exact) mass is 804 g/mol. The minimum atomic E-state index is -5.11. The van der Waals surface area contributed by atoms with Crippen molar-refractivity contribution in [3.05, 3.63) is 0 Å². The summed E-state index contributed by atoms with van der Waals surface area (Å²) in [5.41, 5.74) is 0. The first-order chi connectivity index (χ1) is 24.0. The number of carboxylic acid groups (broad SMARTS) is 2. The Morgan fingerprint density at radius 3 is 1.34 bits per heavy atom. The van der Waals surface area contributed by atoms with Crippen molar-refractivity contribution in [3.63, 3.8) is 0 Å². The van der Waals surface area contributed by atoms with Crippen molar-refractivity contribution in [1.29, 1.82) is 0 Å². The van der Waals surface area contributed by atoms with Crippen LogP contribution in [0.25, 0.3) is 0 Å². The molecule has 1 atom stereocenters. The molecule has 0 heterocycles. The molecule has 0 saturated carbocycles. The molecule has 1 unspecified atom stereocenters. The summed E-state index contributed by atoms with van der Waals surface area (Å²) in [6, 6.07) is 0. The molecular weight excluding hydrogens is 733 g/mol. The molecule has 0 aromatic rings. The number of aliphatic carboxylic acids is 2. The van der Waals surface area contributed by atoms with E-state index in [0.29, 0.717) is 25.6 Å². The van der Waals surface area contributed by atoms with E-state index >= 15 is 0 Å². The molecule has 0 spiro atoms. The van der Waals surface area contributed by atoms with Crippen LogP contribution in [0.2, 0.25) is 3.67 Å². The molecule has 0 amide bonds. The van der Waals surface area contributed by atoms with E-state index in [1.807, 2.05) is 0 Å². The molecule has 0 fully saturated rings. The van der Waals surface area contributed by atoms with Crippen LogP contribution in [-0.4, -0.2) is 82.7 Å². The predicted octanol–water partition coefficient (Wildman–Crippen LogP) is 0.701. The van der Waals surface area contributed by atoms with Gasteiger partial charge in [0.15, 0.2) is 0 Å². The summed E-state index contributed by atoms with van der Waals surface area (Å²) >= 11 is 1.41. The first kappa shape index (κ1) is 63.0. The maximum atomic E-state index is 11.3. The number of rotatable bonds is 30. The van der Waals surface area contributed by atoms with Crippen LogP contribution in [0.4, 0.5) is 0 Å². The number of hydrogen-bond donors (Lipinski definition) is 1. The Hall–Kier alpha value is 0.790. The van der Waals surface area contributed by atoms with Crippen LogP contribution in [0.15, 0.2) is 0 Å². The van der Waals surface area contributed by atoms with Gasteiger partial charge in [-0.1, -0.05) is 91.9 Å². The number of ether oxygens (including phenoxy) is 2. The summed E-state index contributed by atoms with van der Waals surface area (Å²) in [4.78, 5) is 44.2. The number of carboxylic acids is 2. The normalized spacial score (nSPS) is 11.8. The van der Waals surface area contributed by atoms with Crippen LogP contribution >= 0.6 is 0 Å². The van der Waals surface area contributed by atoms with Crippen molar-refractivity contribution in [2.24, 2.45) is 11.8 Å². The van der Waals surface area contributed by atoms with E-state index in [9.17, 15) is 37.8 Å². The van der Waals surface area contributed by atoms with Crippen molar-refractivity contribution in [1.82, 2.24) is 0 Å². The summed E-state index contributed by atoms with van der Waals surface area (Å²) in [6.07, 6.45) is 17.9. The van der Waals surface area contributed by atoms with E-state index in [0.717, 1.165) is 70.1 Å². The summed E-state index contributed by atoms with van der Waals surface area (Å²) in [6.45, 7) is 14.0. The maximum absolute atomic E-state index is 11.3. The van der Waals surface area contributed by atoms with Gasteiger partial charge in [-0.25, -0.2) is 0 Å². The fourth-order valence-electron chi connectivity index (χ4n) is 5.07. The van der Waals surface area contributed by atoms with Crippen LogP contribution in [0, 0.1) is 11.8 Å². The molecule has 0 radical (unpaired) electrons. The van der Waals surface area contributed by atoms with Crippen LogP contribution in [0.3, 0.4) is 0 Å². The summed E-state index contributed by atoms with van der Waals surface area (Å²) < 4.78 is 40.4. The SMILES string of the molecule is CC(C)CCCCCCCC(CC(=O)[O-])(C(=O)[O-])S(=O)(=O)O.CC(C)CCCCCC[CH2][Na].CCCCCOC(=O)CCC(=O)OCCCCC.[Na+].[Na+]. The van der Waals surface area contributed by atoms with E-state index in [1.165, 1.54) is 70.1 Å². The quantitative estimate of drug-likeness (QED) is 0.0466. The topological polar surface area (TPSA) is 187 Å². The number of esters is 2. The Morgan fingerprint density at radius 2 is 1.02 bits per heavy atom. The summed E-state index contributed by atoms with van der Waals surface area (Å²) in [5.74, 6) is -3.08.